The van der Waals surface area contributed by atoms with Gasteiger partial charge in [0.05, 0.1) is 12.3 Å². The highest BCUT2D eigenvalue weighted by Gasteiger charge is 2.40. The third-order valence-electron chi connectivity index (χ3n) is 9.01. The number of likely N-dealkylation sites (N-methyl/N-ethyl adjacent to an activating group) is 1. The highest BCUT2D eigenvalue weighted by atomic mass is 32.2. The number of carbonyl (C=O) groups is 3. The Balaban J connectivity index is 1.63. The molecule has 1 aliphatic heterocycles. The summed E-state index contributed by atoms with van der Waals surface area (Å²) in [4.78, 5) is 41.0. The van der Waals surface area contributed by atoms with Gasteiger partial charge in [-0.15, -0.1) is 0 Å². The summed E-state index contributed by atoms with van der Waals surface area (Å²) >= 11 is 0. The number of hydrogen-bond donors (Lipinski definition) is 3. The summed E-state index contributed by atoms with van der Waals surface area (Å²) in [5.74, 6) is -0.374. The minimum atomic E-state index is -3.60. The van der Waals surface area contributed by atoms with Crippen molar-refractivity contribution >= 4 is 27.7 Å². The van der Waals surface area contributed by atoms with E-state index in [1.54, 1.807) is 25.8 Å². The molecule has 2 aliphatic carbocycles. The zero-order valence-corrected chi connectivity index (χ0v) is 25.2. The molecular formula is C28H51N5O5S. The van der Waals surface area contributed by atoms with E-state index < -0.39 is 34.1 Å². The topological polar surface area (TPSA) is 128 Å². The Kier molecular flexibility index (Phi) is 12.1. The van der Waals surface area contributed by atoms with E-state index in [4.69, 9.17) is 0 Å². The lowest BCUT2D eigenvalue weighted by Crippen LogP contribution is -2.56. The Hall–Kier alpha value is -1.72. The van der Waals surface area contributed by atoms with Gasteiger partial charge in [0.2, 0.25) is 27.7 Å². The van der Waals surface area contributed by atoms with Crippen LogP contribution in [-0.2, 0) is 24.4 Å². The molecule has 3 N–H and O–H groups in total. The second kappa shape index (κ2) is 14.8. The van der Waals surface area contributed by atoms with E-state index in [1.165, 1.54) is 29.8 Å². The van der Waals surface area contributed by atoms with Crippen molar-refractivity contribution in [1.82, 2.24) is 25.2 Å². The first-order valence-electron chi connectivity index (χ1n) is 15.0. The minimum Gasteiger partial charge on any atom is -0.356 e. The molecule has 4 atom stereocenters. The molecule has 0 radical (unpaired) electrons. The number of carbonyl (C=O) groups excluding carboxylic acids is 3. The van der Waals surface area contributed by atoms with Crippen molar-refractivity contribution in [3.05, 3.63) is 0 Å². The molecule has 3 fully saturated rings. The quantitative estimate of drug-likeness (QED) is 0.329. The van der Waals surface area contributed by atoms with Crippen molar-refractivity contribution in [2.45, 2.75) is 103 Å². The van der Waals surface area contributed by atoms with Crippen molar-refractivity contribution in [3.63, 3.8) is 0 Å². The number of rotatable bonds is 12. The summed E-state index contributed by atoms with van der Waals surface area (Å²) in [6, 6.07) is -1.42. The predicted molar refractivity (Wildman–Crippen MR) is 152 cm³/mol. The Morgan fingerprint density at radius 2 is 1.54 bits per heavy atom. The summed E-state index contributed by atoms with van der Waals surface area (Å²) < 4.78 is 27.0. The van der Waals surface area contributed by atoms with Crippen molar-refractivity contribution in [2.24, 2.45) is 17.8 Å². The van der Waals surface area contributed by atoms with Gasteiger partial charge in [-0.25, -0.2) is 8.42 Å². The molecule has 0 unspecified atom stereocenters. The van der Waals surface area contributed by atoms with Gasteiger partial charge < -0.3 is 20.9 Å². The Labute approximate surface area is 235 Å². The SMILES string of the molecule is CN[C@@H](C)C(=O)N[C@H](C(=O)N1CC[C@@H](N(C[C@@H](C)C(=O)NCC2CCCCC2)S(C)(=O)=O)C1)C1CCCCC1. The highest BCUT2D eigenvalue weighted by molar-refractivity contribution is 7.88. The fraction of sp³-hybridized carbons (Fsp3) is 0.893. The summed E-state index contributed by atoms with van der Waals surface area (Å²) in [6.45, 7) is 4.96. The van der Waals surface area contributed by atoms with Gasteiger partial charge in [-0.1, -0.05) is 45.4 Å². The molecule has 0 spiro atoms. The van der Waals surface area contributed by atoms with Crippen LogP contribution in [0.3, 0.4) is 0 Å². The largest absolute Gasteiger partial charge is 0.356 e. The third-order valence-corrected chi connectivity index (χ3v) is 10.3. The van der Waals surface area contributed by atoms with Crippen LogP contribution in [0.1, 0.15) is 84.5 Å². The van der Waals surface area contributed by atoms with E-state index >= 15 is 0 Å². The van der Waals surface area contributed by atoms with Gasteiger partial charge in [0.25, 0.3) is 0 Å². The zero-order valence-electron chi connectivity index (χ0n) is 24.4. The smallest absolute Gasteiger partial charge is 0.245 e. The number of sulfonamides is 1. The van der Waals surface area contributed by atoms with Gasteiger partial charge in [-0.2, -0.15) is 4.31 Å². The number of amides is 3. The molecule has 0 aromatic rings. The maximum Gasteiger partial charge on any atom is 0.245 e. The molecular weight excluding hydrogens is 518 g/mol. The predicted octanol–water partition coefficient (Wildman–Crippen LogP) is 1.85. The molecule has 11 heteroatoms. The van der Waals surface area contributed by atoms with Crippen molar-refractivity contribution < 1.29 is 22.8 Å². The van der Waals surface area contributed by atoms with Crippen LogP contribution < -0.4 is 16.0 Å². The Morgan fingerprint density at radius 3 is 2.13 bits per heavy atom. The zero-order chi connectivity index (χ0) is 28.6. The normalized spacial score (nSPS) is 23.8. The molecule has 0 aromatic heterocycles. The summed E-state index contributed by atoms with van der Waals surface area (Å²) in [5, 5.41) is 8.97. The standard InChI is InChI=1S/C28H51N5O5S/c1-20(26(34)30-17-22-11-7-5-8-12-22)18-33(39(4,37)38)24-15-16-32(19-24)28(36)25(23-13-9-6-10-14-23)31-27(35)21(2)29-3/h20-25,29H,5-19H2,1-4H3,(H,30,34)(H,31,35)/t20-,21+,24-,25+/m1/s1. The van der Waals surface area contributed by atoms with E-state index in [0.717, 1.165) is 44.9 Å². The molecule has 39 heavy (non-hydrogen) atoms. The van der Waals surface area contributed by atoms with Crippen LogP contribution in [0.4, 0.5) is 0 Å². The number of likely N-dealkylation sites (tertiary alicyclic amines) is 1. The summed E-state index contributed by atoms with van der Waals surface area (Å²) in [7, 11) is -1.89. The molecule has 3 amide bonds. The molecule has 2 saturated carbocycles. The average molecular weight is 570 g/mol. The molecule has 3 aliphatic rings. The molecule has 224 valence electrons. The van der Waals surface area contributed by atoms with E-state index in [2.05, 4.69) is 16.0 Å². The molecule has 1 saturated heterocycles. The fourth-order valence-corrected chi connectivity index (χ4v) is 7.56. The van der Waals surface area contributed by atoms with E-state index in [1.807, 2.05) is 0 Å². The average Bonchev–Trinajstić information content (AvgIpc) is 3.42. The van der Waals surface area contributed by atoms with Gasteiger partial charge in [0.15, 0.2) is 0 Å². The molecule has 0 bridgehead atoms. The molecule has 10 nitrogen and oxygen atoms in total. The molecule has 1 heterocycles. The van der Waals surface area contributed by atoms with E-state index in [9.17, 15) is 22.8 Å². The van der Waals surface area contributed by atoms with Crippen molar-refractivity contribution in [1.29, 1.82) is 0 Å². The van der Waals surface area contributed by atoms with Crippen molar-refractivity contribution in [3.8, 4) is 0 Å². The first-order chi connectivity index (χ1) is 18.5. The van der Waals surface area contributed by atoms with Gasteiger partial charge in [-0.3, -0.25) is 14.4 Å². The molecule has 3 rings (SSSR count). The van der Waals surface area contributed by atoms with Gasteiger partial charge >= 0.3 is 0 Å². The van der Waals surface area contributed by atoms with Crippen LogP contribution in [0.5, 0.6) is 0 Å². The van der Waals surface area contributed by atoms with E-state index in [0.29, 0.717) is 25.4 Å². The minimum absolute atomic E-state index is 0.0807. The lowest BCUT2D eigenvalue weighted by atomic mass is 9.83. The first kappa shape index (κ1) is 31.8. The third kappa shape index (κ3) is 9.14. The second-order valence-corrected chi connectivity index (χ2v) is 14.0. The number of nitrogens with zero attached hydrogens (tertiary/aromatic N) is 2. The number of nitrogens with one attached hydrogen (secondary N) is 3. The van der Waals surface area contributed by atoms with Gasteiger partial charge in [-0.05, 0) is 57.9 Å². The van der Waals surface area contributed by atoms with Crippen LogP contribution in [0, 0.1) is 17.8 Å². The maximum absolute atomic E-state index is 13.7. The maximum atomic E-state index is 13.7. The molecule has 0 aromatic carbocycles. The van der Waals surface area contributed by atoms with Crippen LogP contribution >= 0.6 is 0 Å². The van der Waals surface area contributed by atoms with E-state index in [-0.39, 0.29) is 36.7 Å². The number of hydrogen-bond acceptors (Lipinski definition) is 6. The van der Waals surface area contributed by atoms with Crippen LogP contribution in [0.2, 0.25) is 0 Å². The van der Waals surface area contributed by atoms with Crippen LogP contribution in [0.15, 0.2) is 0 Å². The van der Waals surface area contributed by atoms with Gasteiger partial charge in [0, 0.05) is 38.1 Å². The monoisotopic (exact) mass is 569 g/mol. The Bertz CT molecular complexity index is 933. The van der Waals surface area contributed by atoms with Crippen molar-refractivity contribution in [2.75, 3.05) is 39.5 Å². The van der Waals surface area contributed by atoms with Gasteiger partial charge in [0.1, 0.15) is 6.04 Å². The summed E-state index contributed by atoms with van der Waals surface area (Å²) in [6.07, 6.45) is 12.6. The Morgan fingerprint density at radius 1 is 0.923 bits per heavy atom. The highest BCUT2D eigenvalue weighted by Crippen LogP contribution is 2.29. The second-order valence-electron chi connectivity index (χ2n) is 12.1. The fourth-order valence-electron chi connectivity index (χ4n) is 6.35. The lowest BCUT2D eigenvalue weighted by Gasteiger charge is -2.34. The van der Waals surface area contributed by atoms with Crippen LogP contribution in [0.25, 0.3) is 0 Å². The first-order valence-corrected chi connectivity index (χ1v) is 16.9. The summed E-state index contributed by atoms with van der Waals surface area (Å²) in [5.41, 5.74) is 0. The lowest BCUT2D eigenvalue weighted by molar-refractivity contribution is -0.138. The van der Waals surface area contributed by atoms with Crippen LogP contribution in [-0.4, -0.2) is 93.0 Å².